The van der Waals surface area contributed by atoms with E-state index in [0.29, 0.717) is 0 Å². The third-order valence-electron chi connectivity index (χ3n) is 16.2. The first-order chi connectivity index (χ1) is 36.7. The van der Waals surface area contributed by atoms with Gasteiger partial charge in [-0.05, 0) is 133 Å². The first-order valence-corrected chi connectivity index (χ1v) is 25.6. The van der Waals surface area contributed by atoms with Crippen molar-refractivity contribution in [3.8, 4) is 50.2 Å². The molecule has 0 aliphatic heterocycles. The fraction of sp³-hybridized carbons (Fsp3) is 0.0141. The van der Waals surface area contributed by atoms with Gasteiger partial charge in [-0.15, -0.1) is 0 Å². The van der Waals surface area contributed by atoms with E-state index in [9.17, 15) is 0 Å². The van der Waals surface area contributed by atoms with Crippen molar-refractivity contribution in [2.75, 3.05) is 4.90 Å². The van der Waals surface area contributed by atoms with Gasteiger partial charge in [0.1, 0.15) is 5.58 Å². The van der Waals surface area contributed by atoms with Crippen LogP contribution in [0.25, 0.3) is 105 Å². The number of benzene rings is 12. The lowest BCUT2D eigenvalue weighted by Crippen LogP contribution is -2.26. The molecule has 0 amide bonds. The Morgan fingerprint density at radius 3 is 1.64 bits per heavy atom. The van der Waals surface area contributed by atoms with Gasteiger partial charge in [0.2, 0.25) is 0 Å². The Kier molecular flexibility index (Phi) is 8.66. The summed E-state index contributed by atoms with van der Waals surface area (Å²) in [5.41, 5.74) is 23.0. The molecule has 14 aromatic rings. The molecule has 0 N–H and O–H groups in total. The molecule has 0 atom stereocenters. The fourth-order valence-corrected chi connectivity index (χ4v) is 13.1. The molecule has 74 heavy (non-hydrogen) atoms. The van der Waals surface area contributed by atoms with Crippen LogP contribution in [0.15, 0.2) is 271 Å². The average Bonchev–Trinajstić information content (AvgIpc) is 4.23. The predicted octanol–water partition coefficient (Wildman–Crippen LogP) is 19.0. The minimum absolute atomic E-state index is 0.484. The normalized spacial score (nSPS) is 13.0. The van der Waals surface area contributed by atoms with Crippen LogP contribution in [0.1, 0.15) is 22.3 Å². The number of fused-ring (bicyclic) bond motifs is 18. The van der Waals surface area contributed by atoms with E-state index in [4.69, 9.17) is 4.42 Å². The summed E-state index contributed by atoms with van der Waals surface area (Å²) in [4.78, 5) is 2.47. The molecule has 1 spiro atoms. The average molecular weight is 941 g/mol. The zero-order valence-corrected chi connectivity index (χ0v) is 40.2. The largest absolute Gasteiger partial charge is 0.454 e. The summed E-state index contributed by atoms with van der Waals surface area (Å²) >= 11 is 0. The molecular weight excluding hydrogens is 897 g/mol. The van der Waals surface area contributed by atoms with Crippen molar-refractivity contribution in [1.82, 2.24) is 4.57 Å². The lowest BCUT2D eigenvalue weighted by molar-refractivity contribution is 0.669. The highest BCUT2D eigenvalue weighted by Crippen LogP contribution is 2.65. The van der Waals surface area contributed by atoms with Crippen LogP contribution in [0.4, 0.5) is 17.1 Å². The van der Waals surface area contributed by atoms with Crippen molar-refractivity contribution in [2.24, 2.45) is 0 Å². The number of hydrogen-bond acceptors (Lipinski definition) is 2. The number of aromatic nitrogens is 1. The minimum Gasteiger partial charge on any atom is -0.454 e. The Morgan fingerprint density at radius 1 is 0.351 bits per heavy atom. The number of rotatable bonds is 6. The number of nitrogens with zero attached hydrogens (tertiary/aromatic N) is 2. The van der Waals surface area contributed by atoms with Crippen LogP contribution in [0, 0.1) is 0 Å². The van der Waals surface area contributed by atoms with Gasteiger partial charge in [-0.1, -0.05) is 206 Å². The predicted molar refractivity (Wildman–Crippen MR) is 307 cm³/mol. The maximum atomic E-state index is 7.05. The van der Waals surface area contributed by atoms with Gasteiger partial charge in [0.25, 0.3) is 0 Å². The van der Waals surface area contributed by atoms with Crippen LogP contribution >= 0.6 is 0 Å². The van der Waals surface area contributed by atoms with Crippen LogP contribution < -0.4 is 4.90 Å². The van der Waals surface area contributed by atoms with Crippen molar-refractivity contribution in [3.63, 3.8) is 0 Å². The summed E-state index contributed by atoms with van der Waals surface area (Å²) in [6.07, 6.45) is 0. The lowest BCUT2D eigenvalue weighted by atomic mass is 9.70. The highest BCUT2D eigenvalue weighted by Gasteiger charge is 2.52. The van der Waals surface area contributed by atoms with Gasteiger partial charge >= 0.3 is 0 Å². The van der Waals surface area contributed by atoms with Gasteiger partial charge in [-0.3, -0.25) is 0 Å². The van der Waals surface area contributed by atoms with E-state index in [2.05, 4.69) is 276 Å². The SMILES string of the molecule is c1ccc(-n2c3ccccc3c3cc(-c4ccc(-c5ccc(N(c6cccc7c6-c6ccccc6C76c7ccccc7-c7ccccc76)c6cc7ccccc7c7c6oc6ccccc67)cc5)cc4)ccc32)cc1. The van der Waals surface area contributed by atoms with Crippen LogP contribution in [-0.4, -0.2) is 4.57 Å². The molecule has 2 aromatic heterocycles. The lowest BCUT2D eigenvalue weighted by Gasteiger charge is -2.32. The van der Waals surface area contributed by atoms with Crippen molar-refractivity contribution < 1.29 is 4.42 Å². The summed E-state index contributed by atoms with van der Waals surface area (Å²) in [7, 11) is 0. The maximum absolute atomic E-state index is 7.05. The first kappa shape index (κ1) is 41.0. The Bertz CT molecular complexity index is 4550. The highest BCUT2D eigenvalue weighted by molar-refractivity contribution is 6.23. The van der Waals surface area contributed by atoms with Gasteiger partial charge in [-0.25, -0.2) is 0 Å². The molecule has 2 heterocycles. The third-order valence-corrected chi connectivity index (χ3v) is 16.2. The summed E-state index contributed by atoms with van der Waals surface area (Å²) in [6, 6.07) is 98.1. The molecular formula is C71H44N2O. The molecule has 0 unspecified atom stereocenters. The zero-order valence-electron chi connectivity index (χ0n) is 40.2. The standard InChI is InChI=1S/C71H44N2O/c1-2-18-50(19-3-1)72-63-30-14-9-23-55(63)58-43-48(39-42-64(58)72)47-35-33-45(34-36-47)46-37-40-51(41-38-46)73(66-44-49-17-4-5-20-52(49)68-57-25-10-15-32-67(57)74-70(66)68)65-31-16-29-62-69(65)56-24-8-13-28-61(56)71(62)59-26-11-6-21-53(59)54-22-7-12-27-60(54)71/h1-44H. The molecule has 2 aliphatic carbocycles. The highest BCUT2D eigenvalue weighted by atomic mass is 16.3. The summed E-state index contributed by atoms with van der Waals surface area (Å²) in [5, 5.41) is 7.07. The van der Waals surface area contributed by atoms with E-state index in [1.807, 2.05) is 0 Å². The van der Waals surface area contributed by atoms with E-state index in [1.165, 1.54) is 82.8 Å². The van der Waals surface area contributed by atoms with Crippen molar-refractivity contribution in [1.29, 1.82) is 0 Å². The molecule has 0 saturated heterocycles. The second-order valence-corrected chi connectivity index (χ2v) is 19.9. The molecule has 16 rings (SSSR count). The van der Waals surface area contributed by atoms with Crippen LogP contribution in [-0.2, 0) is 5.41 Å². The Labute approximate surface area is 428 Å². The van der Waals surface area contributed by atoms with Gasteiger partial charge in [0.15, 0.2) is 5.58 Å². The maximum Gasteiger partial charge on any atom is 0.160 e. The topological polar surface area (TPSA) is 21.3 Å². The number of anilines is 3. The number of furan rings is 1. The van der Waals surface area contributed by atoms with Crippen LogP contribution in [0.3, 0.4) is 0 Å². The number of hydrogen-bond donors (Lipinski definition) is 0. The Morgan fingerprint density at radius 2 is 0.892 bits per heavy atom. The molecule has 0 bridgehead atoms. The number of para-hydroxylation sites is 3. The second-order valence-electron chi connectivity index (χ2n) is 19.9. The monoisotopic (exact) mass is 940 g/mol. The van der Waals surface area contributed by atoms with E-state index in [-0.39, 0.29) is 0 Å². The van der Waals surface area contributed by atoms with Crippen LogP contribution in [0.5, 0.6) is 0 Å². The smallest absolute Gasteiger partial charge is 0.160 e. The summed E-state index contributed by atoms with van der Waals surface area (Å²) in [5.74, 6) is 0. The van der Waals surface area contributed by atoms with Gasteiger partial charge in [0.05, 0.1) is 27.8 Å². The fourth-order valence-electron chi connectivity index (χ4n) is 13.1. The second kappa shape index (κ2) is 15.6. The summed E-state index contributed by atoms with van der Waals surface area (Å²) < 4.78 is 9.43. The first-order valence-electron chi connectivity index (χ1n) is 25.6. The third kappa shape index (κ3) is 5.66. The van der Waals surface area contributed by atoms with E-state index in [1.54, 1.807) is 0 Å². The quantitative estimate of drug-likeness (QED) is 0.166. The van der Waals surface area contributed by atoms with Gasteiger partial charge in [-0.2, -0.15) is 0 Å². The molecule has 0 saturated carbocycles. The molecule has 0 radical (unpaired) electrons. The van der Waals surface area contributed by atoms with Crippen molar-refractivity contribution in [2.45, 2.75) is 5.41 Å². The molecule has 344 valence electrons. The van der Waals surface area contributed by atoms with Crippen molar-refractivity contribution >= 4 is 71.6 Å². The molecule has 3 heteroatoms. The van der Waals surface area contributed by atoms with E-state index < -0.39 is 5.41 Å². The minimum atomic E-state index is -0.484. The summed E-state index contributed by atoms with van der Waals surface area (Å²) in [6.45, 7) is 0. The van der Waals surface area contributed by atoms with Crippen molar-refractivity contribution in [3.05, 3.63) is 289 Å². The van der Waals surface area contributed by atoms with Gasteiger partial charge < -0.3 is 13.9 Å². The van der Waals surface area contributed by atoms with E-state index in [0.717, 1.165) is 61.2 Å². The molecule has 0 fully saturated rings. The van der Waals surface area contributed by atoms with E-state index >= 15 is 0 Å². The molecule has 2 aliphatic rings. The molecule has 12 aromatic carbocycles. The Balaban J connectivity index is 0.863. The molecule has 3 nitrogen and oxygen atoms in total. The van der Waals surface area contributed by atoms with Crippen LogP contribution in [0.2, 0.25) is 0 Å². The zero-order chi connectivity index (χ0) is 48.5. The van der Waals surface area contributed by atoms with Gasteiger partial charge in [0, 0.05) is 38.5 Å². The Hall–Kier alpha value is -9.70.